The number of hydrogen-bond donors (Lipinski definition) is 0. The van der Waals surface area contributed by atoms with Crippen LogP contribution in [0.2, 0.25) is 5.15 Å². The van der Waals surface area contributed by atoms with Crippen LogP contribution >= 0.6 is 11.6 Å². The van der Waals surface area contributed by atoms with E-state index in [9.17, 15) is 0 Å². The maximum absolute atomic E-state index is 5.87. The van der Waals surface area contributed by atoms with E-state index in [2.05, 4.69) is 16.5 Å². The van der Waals surface area contributed by atoms with E-state index in [1.54, 1.807) is 6.08 Å². The first-order valence-corrected chi connectivity index (χ1v) is 6.11. The largest absolute Gasteiger partial charge is 0.473 e. The van der Waals surface area contributed by atoms with E-state index in [1.807, 2.05) is 30.3 Å². The quantitative estimate of drug-likeness (QED) is 0.600. The van der Waals surface area contributed by atoms with Crippen molar-refractivity contribution in [3.05, 3.63) is 59.8 Å². The molecule has 0 unspecified atom stereocenters. The van der Waals surface area contributed by atoms with Crippen molar-refractivity contribution in [2.75, 3.05) is 6.61 Å². The maximum atomic E-state index is 5.87. The normalized spacial score (nSPS) is 9.95. The number of nitrogens with zero attached hydrogens (tertiary/aromatic N) is 2. The van der Waals surface area contributed by atoms with Gasteiger partial charge in [0.25, 0.3) is 0 Å². The lowest BCUT2D eigenvalue weighted by atomic mass is 10.2. The van der Waals surface area contributed by atoms with Crippen molar-refractivity contribution in [2.24, 2.45) is 0 Å². The Morgan fingerprint density at radius 2 is 1.95 bits per heavy atom. The molecule has 0 saturated carbocycles. The van der Waals surface area contributed by atoms with Crippen molar-refractivity contribution in [1.29, 1.82) is 0 Å². The molecule has 0 N–H and O–H groups in total. The van der Waals surface area contributed by atoms with E-state index >= 15 is 0 Å². The zero-order valence-electron chi connectivity index (χ0n) is 10.3. The summed E-state index contributed by atoms with van der Waals surface area (Å²) in [5, 5.41) is 0.275. The molecule has 0 amide bonds. The fourth-order valence-corrected chi connectivity index (χ4v) is 1.55. The molecule has 0 saturated heterocycles. The number of ether oxygens (including phenoxy) is 2. The van der Waals surface area contributed by atoms with Crippen LogP contribution in [0.15, 0.2) is 49.1 Å². The van der Waals surface area contributed by atoms with Gasteiger partial charge in [0.1, 0.15) is 18.4 Å². The van der Waals surface area contributed by atoms with Crippen LogP contribution in [0.1, 0.15) is 5.56 Å². The zero-order chi connectivity index (χ0) is 13.5. The molecular formula is C14H13ClN2O2. The lowest BCUT2D eigenvalue weighted by Crippen LogP contribution is -2.02. The number of halogens is 1. The number of rotatable bonds is 6. The lowest BCUT2D eigenvalue weighted by Gasteiger charge is -2.07. The maximum Gasteiger partial charge on any atom is 0.321 e. The second-order valence-electron chi connectivity index (χ2n) is 3.69. The van der Waals surface area contributed by atoms with Gasteiger partial charge in [-0.25, -0.2) is 0 Å². The average molecular weight is 277 g/mol. The van der Waals surface area contributed by atoms with Crippen LogP contribution in [0.5, 0.6) is 11.9 Å². The Kier molecular flexibility index (Phi) is 4.75. The van der Waals surface area contributed by atoms with Crippen molar-refractivity contribution in [3.63, 3.8) is 0 Å². The highest BCUT2D eigenvalue weighted by Crippen LogP contribution is 2.18. The van der Waals surface area contributed by atoms with Gasteiger partial charge in [0, 0.05) is 6.07 Å². The summed E-state index contributed by atoms with van der Waals surface area (Å²) in [5.41, 5.74) is 1.03. The van der Waals surface area contributed by atoms with Gasteiger partial charge in [0.2, 0.25) is 5.88 Å². The van der Waals surface area contributed by atoms with Gasteiger partial charge in [0.15, 0.2) is 0 Å². The van der Waals surface area contributed by atoms with Crippen LogP contribution in [-0.2, 0) is 6.61 Å². The fourth-order valence-electron chi connectivity index (χ4n) is 1.38. The molecule has 1 aromatic heterocycles. The van der Waals surface area contributed by atoms with Crippen molar-refractivity contribution in [1.82, 2.24) is 9.97 Å². The summed E-state index contributed by atoms with van der Waals surface area (Å²) in [6, 6.07) is 11.5. The minimum atomic E-state index is 0.190. The monoisotopic (exact) mass is 276 g/mol. The summed E-state index contributed by atoms with van der Waals surface area (Å²) in [6.07, 6.45) is 1.63. The molecule has 1 aromatic carbocycles. The third-order valence-electron chi connectivity index (χ3n) is 2.21. The molecule has 0 atom stereocenters. The predicted octanol–water partition coefficient (Wildman–Crippen LogP) is 3.27. The first-order chi connectivity index (χ1) is 9.28. The third-order valence-corrected chi connectivity index (χ3v) is 2.40. The standard InChI is InChI=1S/C14H13ClN2O2/c1-2-8-18-13-9-12(15)16-14(17-13)19-10-11-6-4-3-5-7-11/h2-7,9H,1,8,10H2. The van der Waals surface area contributed by atoms with E-state index in [4.69, 9.17) is 21.1 Å². The highest BCUT2D eigenvalue weighted by molar-refractivity contribution is 6.29. The number of hydrogen-bond acceptors (Lipinski definition) is 4. The van der Waals surface area contributed by atoms with Crippen LogP contribution in [0.25, 0.3) is 0 Å². The van der Waals surface area contributed by atoms with Gasteiger partial charge in [-0.05, 0) is 5.56 Å². The molecule has 0 bridgehead atoms. The molecule has 4 nitrogen and oxygen atoms in total. The van der Waals surface area contributed by atoms with E-state index in [1.165, 1.54) is 6.07 Å². The molecule has 0 fully saturated rings. The Morgan fingerprint density at radius 1 is 1.16 bits per heavy atom. The topological polar surface area (TPSA) is 44.2 Å². The fraction of sp³-hybridized carbons (Fsp3) is 0.143. The molecule has 0 aliphatic rings. The van der Waals surface area contributed by atoms with Gasteiger partial charge in [-0.15, -0.1) is 0 Å². The Labute approximate surface area is 116 Å². The highest BCUT2D eigenvalue weighted by Gasteiger charge is 2.05. The zero-order valence-corrected chi connectivity index (χ0v) is 11.0. The van der Waals surface area contributed by atoms with E-state index in [0.29, 0.717) is 19.1 Å². The van der Waals surface area contributed by atoms with Crippen molar-refractivity contribution in [3.8, 4) is 11.9 Å². The number of benzene rings is 1. The molecule has 2 rings (SSSR count). The number of aromatic nitrogens is 2. The van der Waals surface area contributed by atoms with E-state index in [0.717, 1.165) is 5.56 Å². The Hall–Kier alpha value is -2.07. The first kappa shape index (κ1) is 13.4. The molecule has 98 valence electrons. The Balaban J connectivity index is 2.03. The molecule has 0 spiro atoms. The van der Waals surface area contributed by atoms with Crippen LogP contribution in [0.3, 0.4) is 0 Å². The van der Waals surface area contributed by atoms with Gasteiger partial charge >= 0.3 is 6.01 Å². The second-order valence-corrected chi connectivity index (χ2v) is 4.07. The smallest absolute Gasteiger partial charge is 0.321 e. The molecule has 2 aromatic rings. The summed E-state index contributed by atoms with van der Waals surface area (Å²) in [7, 11) is 0. The summed E-state index contributed by atoms with van der Waals surface area (Å²) < 4.78 is 10.8. The van der Waals surface area contributed by atoms with Crippen LogP contribution < -0.4 is 9.47 Å². The van der Waals surface area contributed by atoms with Crippen LogP contribution in [0, 0.1) is 0 Å². The molecule has 0 aliphatic heterocycles. The molecule has 19 heavy (non-hydrogen) atoms. The average Bonchev–Trinajstić information content (AvgIpc) is 2.43. The third kappa shape index (κ3) is 4.26. The Bertz CT molecular complexity index is 546. The molecule has 1 heterocycles. The minimum absolute atomic E-state index is 0.190. The molecule has 5 heteroatoms. The predicted molar refractivity (Wildman–Crippen MR) is 73.5 cm³/mol. The lowest BCUT2D eigenvalue weighted by molar-refractivity contribution is 0.270. The summed E-state index contributed by atoms with van der Waals surface area (Å²) in [4.78, 5) is 8.08. The van der Waals surface area contributed by atoms with Gasteiger partial charge in [-0.3, -0.25) is 0 Å². The van der Waals surface area contributed by atoms with Gasteiger partial charge < -0.3 is 9.47 Å². The van der Waals surface area contributed by atoms with Crippen molar-refractivity contribution < 1.29 is 9.47 Å². The van der Waals surface area contributed by atoms with Crippen molar-refractivity contribution in [2.45, 2.75) is 6.61 Å². The SMILES string of the molecule is C=CCOc1cc(Cl)nc(OCc2ccccc2)n1. The first-order valence-electron chi connectivity index (χ1n) is 5.73. The second kappa shape index (κ2) is 6.75. The molecule has 0 aliphatic carbocycles. The van der Waals surface area contributed by atoms with Crippen LogP contribution in [-0.4, -0.2) is 16.6 Å². The molecular weight excluding hydrogens is 264 g/mol. The van der Waals surface area contributed by atoms with Crippen LogP contribution in [0.4, 0.5) is 0 Å². The summed E-state index contributed by atoms with van der Waals surface area (Å²) >= 11 is 5.87. The van der Waals surface area contributed by atoms with E-state index in [-0.39, 0.29) is 11.2 Å². The van der Waals surface area contributed by atoms with Crippen molar-refractivity contribution >= 4 is 11.6 Å². The minimum Gasteiger partial charge on any atom is -0.473 e. The van der Waals surface area contributed by atoms with Gasteiger partial charge in [-0.1, -0.05) is 54.6 Å². The van der Waals surface area contributed by atoms with E-state index < -0.39 is 0 Å². The van der Waals surface area contributed by atoms with Gasteiger partial charge in [-0.2, -0.15) is 9.97 Å². The highest BCUT2D eigenvalue weighted by atomic mass is 35.5. The van der Waals surface area contributed by atoms with Gasteiger partial charge in [0.05, 0.1) is 0 Å². The summed E-state index contributed by atoms with van der Waals surface area (Å²) in [5.74, 6) is 0.364. The molecule has 0 radical (unpaired) electrons. The summed E-state index contributed by atoms with van der Waals surface area (Å²) in [6.45, 7) is 4.29. The Morgan fingerprint density at radius 3 is 2.68 bits per heavy atom.